The number of nitrogens with zero attached hydrogens (tertiary/aromatic N) is 4. The third kappa shape index (κ3) is 4.70. The number of carbonyl (C=O) groups is 3. The maximum absolute atomic E-state index is 13.0. The average Bonchev–Trinajstić information content (AvgIpc) is 3.22. The van der Waals surface area contributed by atoms with E-state index >= 15 is 0 Å². The molecule has 4 atom stereocenters. The molecule has 178 valence electrons. The molecule has 1 unspecified atom stereocenters. The van der Waals surface area contributed by atoms with Crippen molar-refractivity contribution in [3.05, 3.63) is 11.9 Å². The van der Waals surface area contributed by atoms with Gasteiger partial charge in [0.05, 0.1) is 18.8 Å². The van der Waals surface area contributed by atoms with E-state index in [1.807, 2.05) is 34.6 Å². The van der Waals surface area contributed by atoms with Gasteiger partial charge in [0.25, 0.3) is 5.91 Å². The number of nitrogens with one attached hydrogen (secondary N) is 2. The van der Waals surface area contributed by atoms with Crippen LogP contribution in [0.4, 0.5) is 4.79 Å². The number of hydrogen-bond donors (Lipinski definition) is 4. The molecule has 3 heterocycles. The molecule has 2 aliphatic rings. The summed E-state index contributed by atoms with van der Waals surface area (Å²) in [5, 5.41) is 22.0. The van der Waals surface area contributed by atoms with Crippen molar-refractivity contribution < 1.29 is 24.2 Å². The van der Waals surface area contributed by atoms with Gasteiger partial charge in [0.1, 0.15) is 11.7 Å². The topological polar surface area (TPSA) is 139 Å². The molecule has 1 aromatic heterocycles. The Morgan fingerprint density at radius 1 is 1.34 bits per heavy atom. The highest BCUT2D eigenvalue weighted by molar-refractivity contribution is 7.81. The molecule has 2 fully saturated rings. The largest absolute Gasteiger partial charge is 0.434 e. The van der Waals surface area contributed by atoms with E-state index in [-0.39, 0.29) is 23.7 Å². The summed E-state index contributed by atoms with van der Waals surface area (Å²) in [6, 6.07) is -1.17. The van der Waals surface area contributed by atoms with Gasteiger partial charge in [-0.1, -0.05) is 19.1 Å². The predicted octanol–water partition coefficient (Wildman–Crippen LogP) is 0.0876. The number of fused-ring (bicyclic) bond motifs is 1. The summed E-state index contributed by atoms with van der Waals surface area (Å²) in [5.74, 6) is -0.653. The first-order chi connectivity index (χ1) is 14.9. The smallest absolute Gasteiger partial charge is 0.408 e. The molecule has 3 rings (SSSR count). The first-order valence-corrected chi connectivity index (χ1v) is 11.1. The Morgan fingerprint density at radius 3 is 2.62 bits per heavy atom. The summed E-state index contributed by atoms with van der Waals surface area (Å²) < 4.78 is 6.98. The first kappa shape index (κ1) is 24.3. The Bertz CT molecular complexity index is 882. The van der Waals surface area contributed by atoms with E-state index < -0.39 is 35.2 Å². The number of aromatic nitrogens is 3. The minimum absolute atomic E-state index is 0.175. The average molecular weight is 469 g/mol. The molecule has 0 aromatic carbocycles. The van der Waals surface area contributed by atoms with Crippen LogP contribution in [0.2, 0.25) is 0 Å². The van der Waals surface area contributed by atoms with Crippen molar-refractivity contribution in [2.24, 2.45) is 5.41 Å². The van der Waals surface area contributed by atoms with Crippen LogP contribution in [0.15, 0.2) is 6.20 Å². The number of amides is 3. The molecule has 0 radical (unpaired) electrons. The SMILES string of the molecule is CC(C)(C)NC(=O)O[C@H]1C(=O)N2[C@H]1C(S)C(C)(C)[C@H]2C(=O)NCCCn1cc(CO)nn1. The van der Waals surface area contributed by atoms with Gasteiger partial charge in [0, 0.05) is 29.3 Å². The number of alkyl carbamates (subject to hydrolysis) is 1. The molecular formula is C20H32N6O5S. The molecule has 2 aliphatic heterocycles. The lowest BCUT2D eigenvalue weighted by Gasteiger charge is -2.45. The van der Waals surface area contributed by atoms with Crippen molar-refractivity contribution in [1.29, 1.82) is 0 Å². The van der Waals surface area contributed by atoms with Crippen LogP contribution in [0.1, 0.15) is 46.7 Å². The molecule has 0 spiro atoms. The fourth-order valence-electron chi connectivity index (χ4n) is 4.19. The predicted molar refractivity (Wildman–Crippen MR) is 118 cm³/mol. The molecule has 11 nitrogen and oxygen atoms in total. The molecule has 1 aromatic rings. The van der Waals surface area contributed by atoms with Crippen LogP contribution in [-0.2, 0) is 27.5 Å². The minimum Gasteiger partial charge on any atom is -0.434 e. The van der Waals surface area contributed by atoms with Gasteiger partial charge < -0.3 is 25.4 Å². The van der Waals surface area contributed by atoms with Crippen molar-refractivity contribution in [2.45, 2.75) is 83.2 Å². The number of aliphatic hydroxyl groups is 1. The molecule has 0 aliphatic carbocycles. The van der Waals surface area contributed by atoms with Gasteiger partial charge in [-0.05, 0) is 27.2 Å². The highest BCUT2D eigenvalue weighted by Gasteiger charge is 2.68. The van der Waals surface area contributed by atoms with Crippen molar-refractivity contribution in [1.82, 2.24) is 30.5 Å². The van der Waals surface area contributed by atoms with Crippen molar-refractivity contribution >= 4 is 30.5 Å². The van der Waals surface area contributed by atoms with E-state index in [4.69, 9.17) is 9.84 Å². The molecule has 32 heavy (non-hydrogen) atoms. The number of hydrogen-bond acceptors (Lipinski definition) is 8. The number of carbonyl (C=O) groups excluding carboxylic acids is 3. The summed E-state index contributed by atoms with van der Waals surface area (Å²) in [6.07, 6.45) is 0.629. The molecule has 2 saturated heterocycles. The fraction of sp³-hybridized carbons (Fsp3) is 0.750. The number of aryl methyl sites for hydroxylation is 1. The summed E-state index contributed by atoms with van der Waals surface area (Å²) in [7, 11) is 0. The zero-order valence-electron chi connectivity index (χ0n) is 19.0. The molecule has 0 saturated carbocycles. The highest BCUT2D eigenvalue weighted by Crippen LogP contribution is 2.50. The van der Waals surface area contributed by atoms with Crippen molar-refractivity contribution in [3.63, 3.8) is 0 Å². The second-order valence-corrected chi connectivity index (χ2v) is 10.4. The molecule has 0 bridgehead atoms. The zero-order chi connectivity index (χ0) is 23.8. The number of β-lactam (4-membered cyclic amide) rings is 1. The quantitative estimate of drug-likeness (QED) is 0.253. The Balaban J connectivity index is 1.58. The summed E-state index contributed by atoms with van der Waals surface area (Å²) in [6.45, 7) is 9.97. The van der Waals surface area contributed by atoms with Crippen molar-refractivity contribution in [3.8, 4) is 0 Å². The summed E-state index contributed by atoms with van der Waals surface area (Å²) >= 11 is 4.69. The van der Waals surface area contributed by atoms with Gasteiger partial charge in [-0.15, -0.1) is 5.10 Å². The van der Waals surface area contributed by atoms with E-state index in [9.17, 15) is 14.4 Å². The standard InChI is InChI=1S/C20H32N6O5S/c1-19(2,3)22-18(30)31-13-12-15(32)20(4,5)14(26(12)17(13)29)16(28)21-7-6-8-25-9-11(10-27)23-24-25/h9,12-15,27,32H,6-8,10H2,1-5H3,(H,21,28)(H,22,30)/t12-,13-,14-,15?/m1/s1. The Hall–Kier alpha value is -2.34. The van der Waals surface area contributed by atoms with Crippen LogP contribution < -0.4 is 10.6 Å². The lowest BCUT2D eigenvalue weighted by Crippen LogP contribution is -2.69. The first-order valence-electron chi connectivity index (χ1n) is 10.6. The maximum Gasteiger partial charge on any atom is 0.408 e. The number of aliphatic hydroxyl groups excluding tert-OH is 1. The van der Waals surface area contributed by atoms with Crippen LogP contribution in [0.3, 0.4) is 0 Å². The van der Waals surface area contributed by atoms with Gasteiger partial charge in [-0.25, -0.2) is 4.79 Å². The van der Waals surface area contributed by atoms with Crippen molar-refractivity contribution in [2.75, 3.05) is 6.54 Å². The van der Waals surface area contributed by atoms with Gasteiger partial charge >= 0.3 is 6.09 Å². The number of thiol groups is 1. The van der Waals surface area contributed by atoms with E-state index in [1.165, 1.54) is 4.90 Å². The zero-order valence-corrected chi connectivity index (χ0v) is 19.9. The molecule has 3 amide bonds. The lowest BCUT2D eigenvalue weighted by molar-refractivity contribution is -0.168. The van der Waals surface area contributed by atoms with E-state index in [0.717, 1.165) is 0 Å². The third-order valence-corrected chi connectivity index (χ3v) is 6.74. The number of rotatable bonds is 7. The third-order valence-electron chi connectivity index (χ3n) is 5.77. The van der Waals surface area contributed by atoms with Gasteiger partial charge in [0.15, 0.2) is 0 Å². The van der Waals surface area contributed by atoms with Crippen LogP contribution in [-0.4, -0.2) is 78.4 Å². The highest BCUT2D eigenvalue weighted by atomic mass is 32.1. The van der Waals surface area contributed by atoms with E-state index in [0.29, 0.717) is 25.2 Å². The Labute approximate surface area is 192 Å². The van der Waals surface area contributed by atoms with Crippen LogP contribution in [0.25, 0.3) is 0 Å². The maximum atomic E-state index is 13.0. The molecular weight excluding hydrogens is 436 g/mol. The van der Waals surface area contributed by atoms with Gasteiger partial charge in [0.2, 0.25) is 12.0 Å². The van der Waals surface area contributed by atoms with Crippen LogP contribution in [0.5, 0.6) is 0 Å². The minimum atomic E-state index is -0.954. The normalized spacial score (nSPS) is 26.3. The van der Waals surface area contributed by atoms with E-state index in [2.05, 4.69) is 33.6 Å². The van der Waals surface area contributed by atoms with Gasteiger partial charge in [-0.2, -0.15) is 12.6 Å². The number of ether oxygens (including phenoxy) is 1. The fourth-order valence-corrected chi connectivity index (χ4v) is 4.63. The molecule has 3 N–H and O–H groups in total. The monoisotopic (exact) mass is 468 g/mol. The second kappa shape index (κ2) is 8.89. The van der Waals surface area contributed by atoms with Crippen LogP contribution >= 0.6 is 12.6 Å². The Kier molecular flexibility index (Phi) is 6.75. The molecule has 12 heteroatoms. The van der Waals surface area contributed by atoms with Crippen LogP contribution in [0, 0.1) is 5.41 Å². The van der Waals surface area contributed by atoms with Gasteiger partial charge in [-0.3, -0.25) is 14.3 Å². The second-order valence-electron chi connectivity index (χ2n) is 9.88. The lowest BCUT2D eigenvalue weighted by atomic mass is 9.82. The summed E-state index contributed by atoms with van der Waals surface area (Å²) in [4.78, 5) is 39.5. The Morgan fingerprint density at radius 2 is 2.03 bits per heavy atom. The van der Waals surface area contributed by atoms with E-state index in [1.54, 1.807) is 10.9 Å². The summed E-state index contributed by atoms with van der Waals surface area (Å²) in [5.41, 5.74) is -0.627.